The highest BCUT2D eigenvalue weighted by atomic mass is 16.5. The second kappa shape index (κ2) is 11.0. The number of carbonyl (C=O) groups excluding carboxylic acids is 1. The number of hydrogen-bond donors (Lipinski definition) is 1. The Labute approximate surface area is 186 Å². The van der Waals surface area contributed by atoms with Crippen LogP contribution in [0.5, 0.6) is 11.5 Å². The van der Waals surface area contributed by atoms with E-state index in [0.717, 1.165) is 50.5 Å². The largest absolute Gasteiger partial charge is 0.497 e. The first-order chi connectivity index (χ1) is 15.0. The molecule has 6 nitrogen and oxygen atoms in total. The lowest BCUT2D eigenvalue weighted by Gasteiger charge is -2.36. The van der Waals surface area contributed by atoms with E-state index in [2.05, 4.69) is 53.2 Å². The monoisotopic (exact) mass is 425 g/mol. The predicted molar refractivity (Wildman–Crippen MR) is 125 cm³/mol. The number of amides is 1. The molecule has 3 rings (SSSR count). The van der Waals surface area contributed by atoms with E-state index >= 15 is 0 Å². The highest BCUT2D eigenvalue weighted by Gasteiger charge is 2.18. The zero-order valence-electron chi connectivity index (χ0n) is 19.2. The van der Waals surface area contributed by atoms with Gasteiger partial charge in [-0.15, -0.1) is 0 Å². The Morgan fingerprint density at radius 2 is 1.84 bits per heavy atom. The van der Waals surface area contributed by atoms with E-state index in [4.69, 9.17) is 9.47 Å². The average molecular weight is 426 g/mol. The summed E-state index contributed by atoms with van der Waals surface area (Å²) in [5.41, 5.74) is 3.48. The van der Waals surface area contributed by atoms with Crippen molar-refractivity contribution in [2.45, 2.75) is 32.7 Å². The van der Waals surface area contributed by atoms with E-state index in [1.807, 2.05) is 18.2 Å². The summed E-state index contributed by atoms with van der Waals surface area (Å²) in [4.78, 5) is 17.4. The molecule has 0 radical (unpaired) electrons. The first-order valence-electron chi connectivity index (χ1n) is 11.0. The van der Waals surface area contributed by atoms with Crippen LogP contribution in [0, 0.1) is 6.92 Å². The number of hydrogen-bond acceptors (Lipinski definition) is 5. The van der Waals surface area contributed by atoms with Crippen LogP contribution in [-0.2, 0) is 11.2 Å². The van der Waals surface area contributed by atoms with Crippen molar-refractivity contribution < 1.29 is 14.3 Å². The van der Waals surface area contributed by atoms with Gasteiger partial charge in [0.2, 0.25) is 5.91 Å². The summed E-state index contributed by atoms with van der Waals surface area (Å²) < 4.78 is 10.6. The van der Waals surface area contributed by atoms with Crippen LogP contribution in [0.3, 0.4) is 0 Å². The number of rotatable bonds is 9. The van der Waals surface area contributed by atoms with Gasteiger partial charge in [0.05, 0.1) is 20.6 Å². The number of anilines is 1. The molecule has 1 aliphatic rings. The topological polar surface area (TPSA) is 54.0 Å². The van der Waals surface area contributed by atoms with Crippen molar-refractivity contribution in [3.05, 3.63) is 53.6 Å². The molecule has 1 fully saturated rings. The molecule has 6 heteroatoms. The first kappa shape index (κ1) is 22.9. The Morgan fingerprint density at radius 3 is 2.52 bits per heavy atom. The summed E-state index contributed by atoms with van der Waals surface area (Å²) >= 11 is 0. The van der Waals surface area contributed by atoms with Crippen molar-refractivity contribution in [2.75, 3.05) is 51.8 Å². The van der Waals surface area contributed by atoms with E-state index in [1.54, 1.807) is 14.2 Å². The molecule has 2 aromatic carbocycles. The number of benzene rings is 2. The molecule has 0 bridgehead atoms. The highest BCUT2D eigenvalue weighted by Crippen LogP contribution is 2.25. The third-order valence-corrected chi connectivity index (χ3v) is 5.87. The summed E-state index contributed by atoms with van der Waals surface area (Å²) in [6.45, 7) is 9.40. The lowest BCUT2D eigenvalue weighted by molar-refractivity contribution is -0.121. The quantitative estimate of drug-likeness (QED) is 0.668. The van der Waals surface area contributed by atoms with E-state index in [9.17, 15) is 4.79 Å². The maximum atomic E-state index is 12.5. The van der Waals surface area contributed by atoms with Crippen molar-refractivity contribution in [3.8, 4) is 11.5 Å². The maximum absolute atomic E-state index is 12.5. The van der Waals surface area contributed by atoms with Gasteiger partial charge in [-0.1, -0.05) is 18.2 Å². The number of nitrogens with zero attached hydrogens (tertiary/aromatic N) is 2. The minimum atomic E-state index is 0.0141. The highest BCUT2D eigenvalue weighted by molar-refractivity contribution is 5.79. The molecule has 1 atom stereocenters. The maximum Gasteiger partial charge on any atom is 0.224 e. The summed E-state index contributed by atoms with van der Waals surface area (Å²) in [7, 11) is 3.23. The molecular formula is C25H35N3O3. The fourth-order valence-corrected chi connectivity index (χ4v) is 4.00. The molecule has 1 heterocycles. The van der Waals surface area contributed by atoms with Gasteiger partial charge in [0.1, 0.15) is 11.5 Å². The summed E-state index contributed by atoms with van der Waals surface area (Å²) in [6, 6.07) is 14.4. The number of aryl methyl sites for hydroxylation is 1. The van der Waals surface area contributed by atoms with E-state index in [-0.39, 0.29) is 11.9 Å². The molecule has 1 N–H and O–H groups in total. The van der Waals surface area contributed by atoms with Crippen LogP contribution in [0.4, 0.5) is 5.69 Å². The van der Waals surface area contributed by atoms with Crippen molar-refractivity contribution in [2.24, 2.45) is 0 Å². The summed E-state index contributed by atoms with van der Waals surface area (Å²) in [6.07, 6.45) is 1.24. The number of piperazine rings is 1. The molecule has 1 unspecified atom stereocenters. The van der Waals surface area contributed by atoms with Gasteiger partial charge in [-0.25, -0.2) is 0 Å². The Morgan fingerprint density at radius 1 is 1.06 bits per heavy atom. The van der Waals surface area contributed by atoms with Crippen LogP contribution in [-0.4, -0.2) is 63.8 Å². The SMILES string of the molecule is COc1ccc(CC(=O)NC(C)CCN2CCN(c3cccc(C)c3)CC2)c(OC)c1. The van der Waals surface area contributed by atoms with Crippen molar-refractivity contribution in [1.82, 2.24) is 10.2 Å². The van der Waals surface area contributed by atoms with E-state index in [0.29, 0.717) is 12.2 Å². The van der Waals surface area contributed by atoms with E-state index < -0.39 is 0 Å². The van der Waals surface area contributed by atoms with Gasteiger partial charge in [0.25, 0.3) is 0 Å². The van der Waals surface area contributed by atoms with E-state index in [1.165, 1.54) is 11.3 Å². The van der Waals surface area contributed by atoms with Gasteiger partial charge < -0.3 is 19.7 Å². The molecule has 168 valence electrons. The molecule has 0 aromatic heterocycles. The fraction of sp³-hybridized carbons (Fsp3) is 0.480. The third-order valence-electron chi connectivity index (χ3n) is 5.87. The predicted octanol–water partition coefficient (Wildman–Crippen LogP) is 3.27. The second-order valence-corrected chi connectivity index (χ2v) is 8.28. The van der Waals surface area contributed by atoms with Crippen LogP contribution >= 0.6 is 0 Å². The van der Waals surface area contributed by atoms with Crippen molar-refractivity contribution in [3.63, 3.8) is 0 Å². The molecular weight excluding hydrogens is 390 g/mol. The number of methoxy groups -OCH3 is 2. The fourth-order valence-electron chi connectivity index (χ4n) is 4.00. The minimum Gasteiger partial charge on any atom is -0.497 e. The summed E-state index contributed by atoms with van der Waals surface area (Å²) in [5.74, 6) is 1.41. The lowest BCUT2D eigenvalue weighted by atomic mass is 10.1. The van der Waals surface area contributed by atoms with Gasteiger partial charge in [0, 0.05) is 56.1 Å². The molecule has 0 aliphatic carbocycles. The Kier molecular flexibility index (Phi) is 8.18. The molecule has 0 saturated carbocycles. The Balaban J connectivity index is 1.40. The van der Waals surface area contributed by atoms with Gasteiger partial charge in [-0.2, -0.15) is 0 Å². The van der Waals surface area contributed by atoms with Crippen molar-refractivity contribution in [1.29, 1.82) is 0 Å². The van der Waals surface area contributed by atoms with Crippen LogP contribution in [0.15, 0.2) is 42.5 Å². The standard InChI is InChI=1S/C25H35N3O3/c1-19-6-5-7-22(16-19)28-14-12-27(13-15-28)11-10-20(2)26-25(29)17-21-8-9-23(30-3)18-24(21)31-4/h5-9,16,18,20H,10-15,17H2,1-4H3,(H,26,29). The van der Waals surface area contributed by atoms with Crippen molar-refractivity contribution >= 4 is 11.6 Å². The van der Waals surface area contributed by atoms with Gasteiger partial charge in [-0.3, -0.25) is 9.69 Å². The summed E-state index contributed by atoms with van der Waals surface area (Å²) in [5, 5.41) is 3.13. The van der Waals surface area contributed by atoms with Crippen LogP contribution in [0.25, 0.3) is 0 Å². The molecule has 0 spiro atoms. The third kappa shape index (κ3) is 6.62. The molecule has 2 aromatic rings. The molecule has 1 aliphatic heterocycles. The van der Waals surface area contributed by atoms with Crippen LogP contribution in [0.1, 0.15) is 24.5 Å². The first-order valence-corrected chi connectivity index (χ1v) is 11.0. The van der Waals surface area contributed by atoms with Crippen LogP contribution < -0.4 is 19.7 Å². The second-order valence-electron chi connectivity index (χ2n) is 8.28. The van der Waals surface area contributed by atoms with Gasteiger partial charge in [-0.05, 0) is 44.0 Å². The number of carbonyl (C=O) groups is 1. The normalized spacial score (nSPS) is 15.4. The smallest absolute Gasteiger partial charge is 0.224 e. The molecule has 31 heavy (non-hydrogen) atoms. The van der Waals surface area contributed by atoms with Gasteiger partial charge >= 0.3 is 0 Å². The molecule has 1 amide bonds. The van der Waals surface area contributed by atoms with Gasteiger partial charge in [0.15, 0.2) is 0 Å². The Hall–Kier alpha value is -2.73. The average Bonchev–Trinajstić information content (AvgIpc) is 2.78. The zero-order chi connectivity index (χ0) is 22.2. The number of ether oxygens (including phenoxy) is 2. The number of nitrogens with one attached hydrogen (secondary N) is 1. The lowest BCUT2D eigenvalue weighted by Crippen LogP contribution is -2.47. The Bertz CT molecular complexity index is 863. The zero-order valence-corrected chi connectivity index (χ0v) is 19.2. The minimum absolute atomic E-state index is 0.0141. The van der Waals surface area contributed by atoms with Crippen LogP contribution in [0.2, 0.25) is 0 Å². The molecule has 1 saturated heterocycles.